The molecular formula is C24H27N3O2. The summed E-state index contributed by atoms with van der Waals surface area (Å²) >= 11 is 0. The summed E-state index contributed by atoms with van der Waals surface area (Å²) in [7, 11) is 1.65. The first-order valence-electron chi connectivity index (χ1n) is 10.2. The molecule has 2 heterocycles. The molecule has 0 bridgehead atoms. The normalized spacial score (nSPS) is 15.0. The van der Waals surface area contributed by atoms with Gasteiger partial charge in [0.25, 0.3) is 5.91 Å². The number of pyridine rings is 1. The first kappa shape index (κ1) is 19.4. The van der Waals surface area contributed by atoms with Crippen molar-refractivity contribution >= 4 is 16.8 Å². The monoisotopic (exact) mass is 389 g/mol. The zero-order valence-corrected chi connectivity index (χ0v) is 17.2. The van der Waals surface area contributed by atoms with Crippen LogP contribution in [0.25, 0.3) is 10.9 Å². The van der Waals surface area contributed by atoms with E-state index < -0.39 is 0 Å². The molecule has 0 saturated heterocycles. The van der Waals surface area contributed by atoms with Gasteiger partial charge in [-0.05, 0) is 37.2 Å². The molecule has 0 radical (unpaired) electrons. The lowest BCUT2D eigenvalue weighted by atomic mass is 9.94. The quantitative estimate of drug-likeness (QED) is 0.713. The molecule has 1 amide bonds. The Morgan fingerprint density at radius 1 is 1.21 bits per heavy atom. The van der Waals surface area contributed by atoms with E-state index in [0.717, 1.165) is 65.1 Å². The van der Waals surface area contributed by atoms with Gasteiger partial charge in [0.15, 0.2) is 0 Å². The maximum absolute atomic E-state index is 13.5. The third-order valence-electron chi connectivity index (χ3n) is 5.76. The highest BCUT2D eigenvalue weighted by molar-refractivity contribution is 6.07. The predicted molar refractivity (Wildman–Crippen MR) is 115 cm³/mol. The smallest absolute Gasteiger partial charge is 0.252 e. The van der Waals surface area contributed by atoms with E-state index in [4.69, 9.17) is 9.72 Å². The number of hydrogen-bond acceptors (Lipinski definition) is 4. The largest absolute Gasteiger partial charge is 0.497 e. The number of carbonyl (C=O) groups excluding carboxylic acids is 1. The van der Waals surface area contributed by atoms with Crippen LogP contribution < -0.4 is 10.1 Å². The summed E-state index contributed by atoms with van der Waals surface area (Å²) in [6, 6.07) is 15.6. The van der Waals surface area contributed by atoms with E-state index in [2.05, 4.69) is 17.1 Å². The Morgan fingerprint density at radius 3 is 2.69 bits per heavy atom. The van der Waals surface area contributed by atoms with Crippen molar-refractivity contribution < 1.29 is 9.53 Å². The fourth-order valence-corrected chi connectivity index (χ4v) is 4.02. The minimum absolute atomic E-state index is 0.0406. The number of fused-ring (bicyclic) bond motifs is 2. The van der Waals surface area contributed by atoms with E-state index in [1.165, 1.54) is 0 Å². The molecule has 1 aliphatic rings. The molecule has 0 spiro atoms. The average Bonchev–Trinajstić information content (AvgIpc) is 2.76. The molecule has 2 aromatic carbocycles. The number of nitrogens with zero attached hydrogens (tertiary/aromatic N) is 2. The molecule has 1 unspecified atom stereocenters. The Hall–Kier alpha value is -2.92. The van der Waals surface area contributed by atoms with Crippen molar-refractivity contribution in [1.29, 1.82) is 0 Å². The van der Waals surface area contributed by atoms with Crippen molar-refractivity contribution in [1.82, 2.24) is 15.2 Å². The summed E-state index contributed by atoms with van der Waals surface area (Å²) in [6.45, 7) is 6.88. The molecule has 150 valence electrons. The fourth-order valence-electron chi connectivity index (χ4n) is 4.02. The highest BCUT2D eigenvalue weighted by atomic mass is 16.5. The zero-order valence-electron chi connectivity index (χ0n) is 17.2. The predicted octanol–water partition coefficient (Wildman–Crippen LogP) is 4.11. The standard InChI is InChI=1S/C24H27N3O2/c1-4-27-14-13-22-20(15-27)23(19-7-5-6-8-21(19)26-22)24(28)25-16(2)17-9-11-18(29-3)12-10-17/h5-12,16H,4,13-15H2,1-3H3,(H,25,28). The zero-order chi connectivity index (χ0) is 20.4. The number of amides is 1. The van der Waals surface area contributed by atoms with Gasteiger partial charge >= 0.3 is 0 Å². The third kappa shape index (κ3) is 3.83. The molecule has 5 heteroatoms. The van der Waals surface area contributed by atoms with Crippen molar-refractivity contribution in [2.75, 3.05) is 20.2 Å². The van der Waals surface area contributed by atoms with E-state index in [1.54, 1.807) is 7.11 Å². The van der Waals surface area contributed by atoms with Crippen LogP contribution in [0, 0.1) is 0 Å². The van der Waals surface area contributed by atoms with Crippen molar-refractivity contribution in [3.63, 3.8) is 0 Å². The Balaban J connectivity index is 1.70. The number of methoxy groups -OCH3 is 1. The van der Waals surface area contributed by atoms with Gasteiger partial charge in [-0.1, -0.05) is 37.3 Å². The topological polar surface area (TPSA) is 54.5 Å². The van der Waals surface area contributed by atoms with Gasteiger partial charge in [0, 0.05) is 36.2 Å². The Bertz CT molecular complexity index is 1030. The average molecular weight is 389 g/mol. The van der Waals surface area contributed by atoms with Crippen molar-refractivity contribution in [3.05, 3.63) is 70.9 Å². The molecule has 0 saturated carbocycles. The van der Waals surface area contributed by atoms with Crippen LogP contribution in [-0.4, -0.2) is 36.0 Å². The van der Waals surface area contributed by atoms with Crippen LogP contribution in [0.4, 0.5) is 0 Å². The van der Waals surface area contributed by atoms with Gasteiger partial charge in [-0.25, -0.2) is 0 Å². The maximum Gasteiger partial charge on any atom is 0.252 e. The Kier molecular flexibility index (Phi) is 5.49. The van der Waals surface area contributed by atoms with Crippen LogP contribution in [0.1, 0.15) is 47.1 Å². The van der Waals surface area contributed by atoms with E-state index in [-0.39, 0.29) is 11.9 Å². The van der Waals surface area contributed by atoms with Gasteiger partial charge in [0.1, 0.15) is 5.75 Å². The molecule has 3 aromatic rings. The molecule has 1 aliphatic heterocycles. The SMILES string of the molecule is CCN1CCc2nc3ccccc3c(C(=O)NC(C)c3ccc(OC)cc3)c2C1. The lowest BCUT2D eigenvalue weighted by Crippen LogP contribution is -2.34. The number of nitrogens with one attached hydrogen (secondary N) is 1. The molecule has 5 nitrogen and oxygen atoms in total. The lowest BCUT2D eigenvalue weighted by Gasteiger charge is -2.29. The highest BCUT2D eigenvalue weighted by Crippen LogP contribution is 2.29. The van der Waals surface area contributed by atoms with Gasteiger partial charge in [0.05, 0.1) is 24.2 Å². The van der Waals surface area contributed by atoms with Gasteiger partial charge in [-0.3, -0.25) is 14.7 Å². The van der Waals surface area contributed by atoms with E-state index in [1.807, 2.05) is 55.5 Å². The maximum atomic E-state index is 13.5. The van der Waals surface area contributed by atoms with E-state index in [0.29, 0.717) is 0 Å². The van der Waals surface area contributed by atoms with Gasteiger partial charge in [-0.2, -0.15) is 0 Å². The minimum Gasteiger partial charge on any atom is -0.497 e. The molecule has 1 N–H and O–H groups in total. The lowest BCUT2D eigenvalue weighted by molar-refractivity contribution is 0.0938. The second kappa shape index (κ2) is 8.21. The van der Waals surface area contributed by atoms with Crippen LogP contribution in [0.3, 0.4) is 0 Å². The third-order valence-corrected chi connectivity index (χ3v) is 5.76. The molecule has 29 heavy (non-hydrogen) atoms. The van der Waals surface area contributed by atoms with E-state index >= 15 is 0 Å². The number of para-hydroxylation sites is 1. The van der Waals surface area contributed by atoms with Gasteiger partial charge in [0.2, 0.25) is 0 Å². The number of likely N-dealkylation sites (N-methyl/N-ethyl adjacent to an activating group) is 1. The first-order chi connectivity index (χ1) is 14.1. The molecule has 0 aliphatic carbocycles. The number of ether oxygens (including phenoxy) is 1. The first-order valence-corrected chi connectivity index (χ1v) is 10.2. The number of aromatic nitrogens is 1. The van der Waals surface area contributed by atoms with Crippen LogP contribution in [-0.2, 0) is 13.0 Å². The number of hydrogen-bond donors (Lipinski definition) is 1. The van der Waals surface area contributed by atoms with Crippen LogP contribution in [0.15, 0.2) is 48.5 Å². The number of carbonyl (C=O) groups is 1. The molecule has 1 aromatic heterocycles. The second-order valence-corrected chi connectivity index (χ2v) is 7.52. The molecule has 4 rings (SSSR count). The summed E-state index contributed by atoms with van der Waals surface area (Å²) < 4.78 is 5.23. The summed E-state index contributed by atoms with van der Waals surface area (Å²) in [5.41, 5.74) is 4.82. The fraction of sp³-hybridized carbons (Fsp3) is 0.333. The summed E-state index contributed by atoms with van der Waals surface area (Å²) in [5.74, 6) is 0.766. The van der Waals surface area contributed by atoms with Crippen molar-refractivity contribution in [3.8, 4) is 5.75 Å². The van der Waals surface area contributed by atoms with Crippen molar-refractivity contribution in [2.24, 2.45) is 0 Å². The van der Waals surface area contributed by atoms with Crippen LogP contribution in [0.2, 0.25) is 0 Å². The molecular weight excluding hydrogens is 362 g/mol. The van der Waals surface area contributed by atoms with Gasteiger partial charge < -0.3 is 10.1 Å². The summed E-state index contributed by atoms with van der Waals surface area (Å²) in [5, 5.41) is 4.12. The highest BCUT2D eigenvalue weighted by Gasteiger charge is 2.26. The Labute approximate surface area is 171 Å². The summed E-state index contributed by atoms with van der Waals surface area (Å²) in [6.07, 6.45) is 0.877. The number of rotatable bonds is 5. The van der Waals surface area contributed by atoms with E-state index in [9.17, 15) is 4.79 Å². The number of benzene rings is 2. The molecule has 0 fully saturated rings. The van der Waals surface area contributed by atoms with Gasteiger partial charge in [-0.15, -0.1) is 0 Å². The van der Waals surface area contributed by atoms with Crippen LogP contribution in [0.5, 0.6) is 5.75 Å². The molecule has 1 atom stereocenters. The van der Waals surface area contributed by atoms with Crippen molar-refractivity contribution in [2.45, 2.75) is 32.9 Å². The Morgan fingerprint density at radius 2 is 1.97 bits per heavy atom. The minimum atomic E-state index is -0.109. The second-order valence-electron chi connectivity index (χ2n) is 7.52. The van der Waals surface area contributed by atoms with Crippen LogP contribution >= 0.6 is 0 Å². The summed E-state index contributed by atoms with van der Waals surface area (Å²) in [4.78, 5) is 20.7.